The Labute approximate surface area is 145 Å². The van der Waals surface area contributed by atoms with E-state index >= 15 is 0 Å². The molecule has 3 aromatic rings. The molecule has 3 aromatic heterocycles. The second-order valence-electron chi connectivity index (χ2n) is 6.62. The average molecular weight is 339 g/mol. The molecule has 0 spiro atoms. The van der Waals surface area contributed by atoms with Crippen LogP contribution in [0, 0.1) is 13.8 Å². The van der Waals surface area contributed by atoms with E-state index < -0.39 is 0 Å². The van der Waals surface area contributed by atoms with Gasteiger partial charge in [0.15, 0.2) is 11.5 Å². The van der Waals surface area contributed by atoms with Crippen LogP contribution in [0.1, 0.15) is 40.7 Å². The number of likely N-dealkylation sites (tertiary alicyclic amines) is 1. The Morgan fingerprint density at radius 2 is 2.24 bits per heavy atom. The number of nitrogens with zero attached hydrogens (tertiary/aromatic N) is 4. The number of H-pyrrole nitrogens is 1. The van der Waals surface area contributed by atoms with Crippen LogP contribution in [0.5, 0.6) is 0 Å². The van der Waals surface area contributed by atoms with Gasteiger partial charge in [-0.15, -0.1) is 0 Å². The third-order valence-electron chi connectivity index (χ3n) is 4.59. The molecule has 7 nitrogen and oxygen atoms in total. The van der Waals surface area contributed by atoms with Crippen LogP contribution in [0.4, 0.5) is 0 Å². The third-order valence-corrected chi connectivity index (χ3v) is 4.59. The van der Waals surface area contributed by atoms with Crippen LogP contribution in [0.25, 0.3) is 11.5 Å². The van der Waals surface area contributed by atoms with Crippen molar-refractivity contribution in [3.63, 3.8) is 0 Å². The van der Waals surface area contributed by atoms with E-state index in [2.05, 4.69) is 15.3 Å². The van der Waals surface area contributed by atoms with Crippen molar-refractivity contribution in [3.8, 4) is 11.5 Å². The van der Waals surface area contributed by atoms with Crippen LogP contribution in [0.15, 0.2) is 35.0 Å². The summed E-state index contributed by atoms with van der Waals surface area (Å²) in [5.41, 5.74) is 2.27. The Morgan fingerprint density at radius 1 is 1.36 bits per heavy atom. The molecule has 25 heavy (non-hydrogen) atoms. The molecule has 1 saturated heterocycles. The molecule has 4 rings (SSSR count). The number of amides is 1. The number of carbonyl (C=O) groups is 1. The molecule has 0 radical (unpaired) electrons. The maximum Gasteiger partial charge on any atom is 0.274 e. The maximum atomic E-state index is 12.8. The van der Waals surface area contributed by atoms with Gasteiger partial charge < -0.3 is 9.32 Å². The first kappa shape index (κ1) is 15.7. The van der Waals surface area contributed by atoms with Gasteiger partial charge in [-0.25, -0.2) is 0 Å². The van der Waals surface area contributed by atoms with Crippen LogP contribution < -0.4 is 0 Å². The quantitative estimate of drug-likeness (QED) is 0.795. The van der Waals surface area contributed by atoms with Gasteiger partial charge in [0.1, 0.15) is 11.5 Å². The van der Waals surface area contributed by atoms with Crippen molar-refractivity contribution in [2.45, 2.75) is 32.7 Å². The molecule has 1 aliphatic rings. The molecule has 1 atom stereocenters. The van der Waals surface area contributed by atoms with E-state index in [9.17, 15) is 4.79 Å². The number of hydrogen-bond acceptors (Lipinski definition) is 4. The van der Waals surface area contributed by atoms with Crippen molar-refractivity contribution >= 4 is 5.91 Å². The Bertz CT molecular complexity index is 891. The van der Waals surface area contributed by atoms with E-state index in [4.69, 9.17) is 4.42 Å². The largest absolute Gasteiger partial charge is 0.460 e. The molecular formula is C18H21N5O2. The molecule has 4 heterocycles. The van der Waals surface area contributed by atoms with Crippen molar-refractivity contribution in [3.05, 3.63) is 47.6 Å². The van der Waals surface area contributed by atoms with Gasteiger partial charge in [-0.2, -0.15) is 10.2 Å². The van der Waals surface area contributed by atoms with Crippen molar-refractivity contribution in [1.82, 2.24) is 24.9 Å². The van der Waals surface area contributed by atoms with Crippen LogP contribution in [-0.4, -0.2) is 43.9 Å². The van der Waals surface area contributed by atoms with Crippen LogP contribution >= 0.6 is 0 Å². The summed E-state index contributed by atoms with van der Waals surface area (Å²) in [5, 5.41) is 11.5. The Balaban J connectivity index is 1.49. The zero-order valence-corrected chi connectivity index (χ0v) is 14.4. The Morgan fingerprint density at radius 3 is 2.96 bits per heavy atom. The summed E-state index contributed by atoms with van der Waals surface area (Å²) < 4.78 is 7.55. The third kappa shape index (κ3) is 3.09. The predicted molar refractivity (Wildman–Crippen MR) is 92.2 cm³/mol. The first-order valence-corrected chi connectivity index (χ1v) is 8.52. The number of aromatic amines is 1. The number of aromatic nitrogens is 4. The summed E-state index contributed by atoms with van der Waals surface area (Å²) in [6.07, 6.45) is 5.88. The van der Waals surface area contributed by atoms with E-state index in [1.807, 2.05) is 48.0 Å². The zero-order valence-electron chi connectivity index (χ0n) is 14.4. The number of nitrogens with one attached hydrogen (secondary N) is 1. The van der Waals surface area contributed by atoms with Crippen molar-refractivity contribution in [2.24, 2.45) is 0 Å². The van der Waals surface area contributed by atoms with Gasteiger partial charge >= 0.3 is 0 Å². The summed E-state index contributed by atoms with van der Waals surface area (Å²) in [4.78, 5) is 14.7. The summed E-state index contributed by atoms with van der Waals surface area (Å²) in [7, 11) is 0. The fraction of sp³-hybridized carbons (Fsp3) is 0.389. The first-order valence-electron chi connectivity index (χ1n) is 8.52. The topological polar surface area (TPSA) is 80.0 Å². The molecule has 7 heteroatoms. The molecule has 0 aliphatic carbocycles. The lowest BCUT2D eigenvalue weighted by molar-refractivity contribution is 0.0667. The molecule has 1 amide bonds. The molecule has 1 N–H and O–H groups in total. The molecule has 0 unspecified atom stereocenters. The minimum Gasteiger partial charge on any atom is -0.460 e. The fourth-order valence-electron chi connectivity index (χ4n) is 3.29. The number of furan rings is 1. The molecule has 0 aromatic carbocycles. The van der Waals surface area contributed by atoms with Gasteiger partial charge in [-0.1, -0.05) is 0 Å². The van der Waals surface area contributed by atoms with Gasteiger partial charge in [0.25, 0.3) is 5.91 Å². The van der Waals surface area contributed by atoms with Gasteiger partial charge in [0, 0.05) is 25.4 Å². The number of aryl methyl sites for hydroxylation is 2. The fourth-order valence-corrected chi connectivity index (χ4v) is 3.29. The van der Waals surface area contributed by atoms with E-state index in [0.717, 1.165) is 30.7 Å². The highest BCUT2D eigenvalue weighted by Gasteiger charge is 2.27. The molecule has 0 saturated carbocycles. The molecule has 1 aliphatic heterocycles. The normalized spacial score (nSPS) is 17.8. The predicted octanol–water partition coefficient (Wildman–Crippen LogP) is 2.96. The smallest absolute Gasteiger partial charge is 0.274 e. The van der Waals surface area contributed by atoms with E-state index in [1.54, 1.807) is 6.07 Å². The van der Waals surface area contributed by atoms with Crippen molar-refractivity contribution < 1.29 is 9.21 Å². The average Bonchev–Trinajstić information content (AvgIpc) is 3.34. The van der Waals surface area contributed by atoms with Crippen molar-refractivity contribution in [1.29, 1.82) is 0 Å². The molecule has 0 bridgehead atoms. The maximum absolute atomic E-state index is 12.8. The minimum atomic E-state index is -0.0562. The number of rotatable bonds is 3. The SMILES string of the molecule is Cc1cnn([C@H]2CCCN(C(=O)c3cc(-c4ccc(C)o4)[nH]n3)C2)c1. The summed E-state index contributed by atoms with van der Waals surface area (Å²) in [6.45, 7) is 5.31. The molecule has 130 valence electrons. The monoisotopic (exact) mass is 339 g/mol. The zero-order chi connectivity index (χ0) is 17.4. The van der Waals surface area contributed by atoms with E-state index in [-0.39, 0.29) is 11.9 Å². The molecule has 1 fully saturated rings. The van der Waals surface area contributed by atoms with Gasteiger partial charge in [0.05, 0.1) is 12.2 Å². The lowest BCUT2D eigenvalue weighted by atomic mass is 10.1. The Hall–Kier alpha value is -2.83. The van der Waals surface area contributed by atoms with Crippen LogP contribution in [0.3, 0.4) is 0 Å². The standard InChI is InChI=1S/C18H21N5O2/c1-12-9-19-23(10-12)14-4-3-7-22(11-14)18(24)16-8-15(20-21-16)17-6-5-13(2)25-17/h5-6,8-10,14H,3-4,7,11H2,1-2H3,(H,20,21)/t14-/m0/s1. The highest BCUT2D eigenvalue weighted by atomic mass is 16.3. The second kappa shape index (κ2) is 6.23. The lowest BCUT2D eigenvalue weighted by Crippen LogP contribution is -2.41. The second-order valence-corrected chi connectivity index (χ2v) is 6.62. The first-order chi connectivity index (χ1) is 12.1. The van der Waals surface area contributed by atoms with E-state index in [1.165, 1.54) is 0 Å². The number of hydrogen-bond donors (Lipinski definition) is 1. The summed E-state index contributed by atoms with van der Waals surface area (Å²) >= 11 is 0. The Kier molecular flexibility index (Phi) is 3.91. The van der Waals surface area contributed by atoms with Crippen molar-refractivity contribution in [2.75, 3.05) is 13.1 Å². The van der Waals surface area contributed by atoms with E-state index in [0.29, 0.717) is 23.7 Å². The summed E-state index contributed by atoms with van der Waals surface area (Å²) in [6, 6.07) is 5.73. The highest BCUT2D eigenvalue weighted by Crippen LogP contribution is 2.24. The number of carbonyl (C=O) groups excluding carboxylic acids is 1. The molecular weight excluding hydrogens is 318 g/mol. The summed E-state index contributed by atoms with van der Waals surface area (Å²) in [5.74, 6) is 1.46. The number of piperidine rings is 1. The van der Waals surface area contributed by atoms with Crippen LogP contribution in [0.2, 0.25) is 0 Å². The lowest BCUT2D eigenvalue weighted by Gasteiger charge is -2.32. The highest BCUT2D eigenvalue weighted by molar-refractivity contribution is 5.93. The van der Waals surface area contributed by atoms with Gasteiger partial charge in [-0.05, 0) is 44.4 Å². The van der Waals surface area contributed by atoms with Gasteiger partial charge in [-0.3, -0.25) is 14.6 Å². The van der Waals surface area contributed by atoms with Gasteiger partial charge in [0.2, 0.25) is 0 Å². The minimum absolute atomic E-state index is 0.0562. The van der Waals surface area contributed by atoms with Crippen LogP contribution in [-0.2, 0) is 0 Å².